The van der Waals surface area contributed by atoms with Crippen molar-refractivity contribution in [3.05, 3.63) is 23.8 Å². The summed E-state index contributed by atoms with van der Waals surface area (Å²) < 4.78 is 22.7. The van der Waals surface area contributed by atoms with Crippen LogP contribution in [-0.4, -0.2) is 92.9 Å². The number of fused-ring (bicyclic) bond motifs is 2. The third-order valence-corrected chi connectivity index (χ3v) is 5.76. The number of hydrogen-bond acceptors (Lipinski definition) is 7. The second-order valence-corrected chi connectivity index (χ2v) is 8.01. The lowest BCUT2D eigenvalue weighted by atomic mass is 10.2. The SMILES string of the molecule is COc1ccc(CN2CCOCC2)cc1OCC(O)CN1C[C@H]2CC[C@@H](C1)O2. The van der Waals surface area contributed by atoms with Crippen molar-refractivity contribution < 1.29 is 24.1 Å². The van der Waals surface area contributed by atoms with Gasteiger partial charge in [-0.15, -0.1) is 0 Å². The minimum absolute atomic E-state index is 0.254. The van der Waals surface area contributed by atoms with Crippen LogP contribution in [0, 0.1) is 0 Å². The molecule has 3 saturated heterocycles. The number of ether oxygens (including phenoxy) is 4. The van der Waals surface area contributed by atoms with Crippen molar-refractivity contribution in [2.75, 3.05) is 59.7 Å². The highest BCUT2D eigenvalue weighted by Crippen LogP contribution is 2.29. The average molecular weight is 392 g/mol. The van der Waals surface area contributed by atoms with Gasteiger partial charge in [-0.25, -0.2) is 0 Å². The highest BCUT2D eigenvalue weighted by molar-refractivity contribution is 5.43. The number of benzene rings is 1. The molecule has 1 aromatic rings. The molecule has 7 nitrogen and oxygen atoms in total. The van der Waals surface area contributed by atoms with E-state index in [1.807, 2.05) is 12.1 Å². The maximum absolute atomic E-state index is 10.5. The Balaban J connectivity index is 1.30. The summed E-state index contributed by atoms with van der Waals surface area (Å²) in [6.45, 7) is 7.02. The first kappa shape index (κ1) is 19.9. The van der Waals surface area contributed by atoms with E-state index in [-0.39, 0.29) is 6.61 Å². The standard InChI is InChI=1S/C21H32N2O5/c1-25-20-5-2-16(11-22-6-8-26-9-7-22)10-21(20)27-15-17(24)12-23-13-18-3-4-19(14-23)28-18/h2,5,10,17-19,24H,3-4,6-9,11-15H2,1H3/t17?,18-,19+. The van der Waals surface area contributed by atoms with Crippen LogP contribution in [0.3, 0.4) is 0 Å². The Kier molecular flexibility index (Phi) is 6.69. The summed E-state index contributed by atoms with van der Waals surface area (Å²) in [7, 11) is 1.64. The van der Waals surface area contributed by atoms with Gasteiger partial charge in [0.15, 0.2) is 11.5 Å². The van der Waals surface area contributed by atoms with Gasteiger partial charge in [0, 0.05) is 39.3 Å². The lowest BCUT2D eigenvalue weighted by Gasteiger charge is -2.33. The predicted molar refractivity (Wildman–Crippen MR) is 105 cm³/mol. The average Bonchev–Trinajstić information content (AvgIpc) is 3.05. The number of hydrogen-bond donors (Lipinski definition) is 1. The monoisotopic (exact) mass is 392 g/mol. The van der Waals surface area contributed by atoms with E-state index in [1.165, 1.54) is 5.56 Å². The van der Waals surface area contributed by atoms with Crippen LogP contribution in [-0.2, 0) is 16.0 Å². The largest absolute Gasteiger partial charge is 0.493 e. The summed E-state index contributed by atoms with van der Waals surface area (Å²) in [5, 5.41) is 10.5. The van der Waals surface area contributed by atoms with Crippen molar-refractivity contribution in [3.8, 4) is 11.5 Å². The summed E-state index contributed by atoms with van der Waals surface area (Å²) >= 11 is 0. The first-order valence-corrected chi connectivity index (χ1v) is 10.4. The smallest absolute Gasteiger partial charge is 0.161 e. The van der Waals surface area contributed by atoms with Crippen LogP contribution in [0.2, 0.25) is 0 Å². The van der Waals surface area contributed by atoms with E-state index in [9.17, 15) is 5.11 Å². The normalized spacial score (nSPS) is 26.9. The van der Waals surface area contributed by atoms with Crippen LogP contribution < -0.4 is 9.47 Å². The molecule has 0 amide bonds. The van der Waals surface area contributed by atoms with E-state index in [1.54, 1.807) is 7.11 Å². The molecule has 0 radical (unpaired) electrons. The van der Waals surface area contributed by atoms with Crippen LogP contribution >= 0.6 is 0 Å². The van der Waals surface area contributed by atoms with Gasteiger partial charge in [0.2, 0.25) is 0 Å². The second kappa shape index (κ2) is 9.41. The van der Waals surface area contributed by atoms with Crippen LogP contribution in [0.15, 0.2) is 18.2 Å². The Morgan fingerprint density at radius 1 is 1.11 bits per heavy atom. The molecule has 3 aliphatic heterocycles. The summed E-state index contributed by atoms with van der Waals surface area (Å²) in [5.41, 5.74) is 1.18. The van der Waals surface area contributed by atoms with Gasteiger partial charge in [0.05, 0.1) is 32.5 Å². The van der Waals surface area contributed by atoms with Gasteiger partial charge in [0.25, 0.3) is 0 Å². The molecule has 156 valence electrons. The number of aliphatic hydroxyl groups excluding tert-OH is 1. The Labute approximate surface area is 167 Å². The van der Waals surface area contributed by atoms with E-state index in [4.69, 9.17) is 18.9 Å². The molecule has 0 spiro atoms. The number of nitrogens with zero attached hydrogens (tertiary/aromatic N) is 2. The first-order chi connectivity index (χ1) is 13.7. The Morgan fingerprint density at radius 2 is 1.86 bits per heavy atom. The molecule has 3 heterocycles. The van der Waals surface area contributed by atoms with Crippen molar-refractivity contribution in [1.29, 1.82) is 0 Å². The molecule has 7 heteroatoms. The van der Waals surface area contributed by atoms with Crippen molar-refractivity contribution in [2.24, 2.45) is 0 Å². The highest BCUT2D eigenvalue weighted by Gasteiger charge is 2.34. The molecule has 4 rings (SSSR count). The molecular formula is C21H32N2O5. The zero-order chi connectivity index (χ0) is 19.3. The van der Waals surface area contributed by atoms with Crippen molar-refractivity contribution in [3.63, 3.8) is 0 Å². The maximum Gasteiger partial charge on any atom is 0.161 e. The number of morpholine rings is 2. The molecule has 2 bridgehead atoms. The Morgan fingerprint density at radius 3 is 2.57 bits per heavy atom. The zero-order valence-corrected chi connectivity index (χ0v) is 16.7. The van der Waals surface area contributed by atoms with Crippen molar-refractivity contribution >= 4 is 0 Å². The summed E-state index contributed by atoms with van der Waals surface area (Å²) in [6, 6.07) is 6.04. The number of rotatable bonds is 8. The minimum Gasteiger partial charge on any atom is -0.493 e. The third-order valence-electron chi connectivity index (χ3n) is 5.76. The van der Waals surface area contributed by atoms with Crippen molar-refractivity contribution in [2.45, 2.75) is 37.7 Å². The molecule has 0 aromatic heterocycles. The highest BCUT2D eigenvalue weighted by atomic mass is 16.5. The number of aliphatic hydroxyl groups is 1. The zero-order valence-electron chi connectivity index (χ0n) is 16.7. The summed E-state index contributed by atoms with van der Waals surface area (Å²) in [4.78, 5) is 4.67. The summed E-state index contributed by atoms with van der Waals surface area (Å²) in [5.74, 6) is 1.39. The number of likely N-dealkylation sites (tertiary alicyclic amines) is 1. The quantitative estimate of drug-likeness (QED) is 0.712. The van der Waals surface area contributed by atoms with E-state index in [2.05, 4.69) is 15.9 Å². The fraction of sp³-hybridized carbons (Fsp3) is 0.714. The van der Waals surface area contributed by atoms with E-state index < -0.39 is 6.10 Å². The molecule has 0 aliphatic carbocycles. The fourth-order valence-electron chi connectivity index (χ4n) is 4.33. The van der Waals surface area contributed by atoms with E-state index in [0.717, 1.165) is 58.8 Å². The predicted octanol–water partition coefficient (Wildman–Crippen LogP) is 1.13. The lowest BCUT2D eigenvalue weighted by Crippen LogP contribution is -2.46. The van der Waals surface area contributed by atoms with Gasteiger partial charge in [-0.05, 0) is 30.5 Å². The number of methoxy groups -OCH3 is 1. The van der Waals surface area contributed by atoms with Crippen LogP contribution in [0.25, 0.3) is 0 Å². The lowest BCUT2D eigenvalue weighted by molar-refractivity contribution is -0.0529. The fourth-order valence-corrected chi connectivity index (χ4v) is 4.33. The van der Waals surface area contributed by atoms with Crippen molar-refractivity contribution in [1.82, 2.24) is 9.80 Å². The molecule has 1 unspecified atom stereocenters. The van der Waals surface area contributed by atoms with Crippen LogP contribution in [0.5, 0.6) is 11.5 Å². The topological polar surface area (TPSA) is 63.6 Å². The minimum atomic E-state index is -0.537. The Hall–Kier alpha value is -1.38. The van der Waals surface area contributed by atoms with Gasteiger partial charge in [-0.2, -0.15) is 0 Å². The first-order valence-electron chi connectivity index (χ1n) is 10.4. The van der Waals surface area contributed by atoms with Crippen LogP contribution in [0.4, 0.5) is 0 Å². The molecule has 1 N–H and O–H groups in total. The molecule has 3 fully saturated rings. The molecule has 3 atom stereocenters. The summed E-state index contributed by atoms with van der Waals surface area (Å²) in [6.07, 6.45) is 2.42. The van der Waals surface area contributed by atoms with Gasteiger partial charge in [-0.3, -0.25) is 9.80 Å². The third kappa shape index (κ3) is 5.15. The van der Waals surface area contributed by atoms with Gasteiger partial charge >= 0.3 is 0 Å². The van der Waals surface area contributed by atoms with Gasteiger partial charge < -0.3 is 24.1 Å². The van der Waals surface area contributed by atoms with Gasteiger partial charge in [0.1, 0.15) is 12.7 Å². The Bertz CT molecular complexity index is 625. The van der Waals surface area contributed by atoms with Crippen LogP contribution in [0.1, 0.15) is 18.4 Å². The maximum atomic E-state index is 10.5. The molecular weight excluding hydrogens is 360 g/mol. The second-order valence-electron chi connectivity index (χ2n) is 8.01. The molecule has 28 heavy (non-hydrogen) atoms. The van der Waals surface area contributed by atoms with E-state index in [0.29, 0.717) is 30.3 Å². The number of β-amino-alcohol motifs (C(OH)–C–C–N with tert-alkyl or cyclic N) is 1. The van der Waals surface area contributed by atoms with Gasteiger partial charge in [-0.1, -0.05) is 6.07 Å². The van der Waals surface area contributed by atoms with E-state index >= 15 is 0 Å². The molecule has 1 aromatic carbocycles. The molecule has 3 aliphatic rings. The molecule has 0 saturated carbocycles.